The van der Waals surface area contributed by atoms with Crippen molar-refractivity contribution >= 4 is 22.6 Å². The van der Waals surface area contributed by atoms with Gasteiger partial charge in [0.25, 0.3) is 11.8 Å². The van der Waals surface area contributed by atoms with Crippen molar-refractivity contribution in [2.45, 2.75) is 32.2 Å². The number of rotatable bonds is 1. The monoisotopic (exact) mass is 455 g/mol. The van der Waals surface area contributed by atoms with Gasteiger partial charge in [0.15, 0.2) is 0 Å². The molecule has 0 saturated carbocycles. The Morgan fingerprint density at radius 1 is 1.09 bits per heavy atom. The minimum Gasteiger partial charge on any atom is -0.342 e. The highest BCUT2D eigenvalue weighted by atomic mass is 19.3. The lowest BCUT2D eigenvalue weighted by molar-refractivity contribution is -0.134. The van der Waals surface area contributed by atoms with Crippen LogP contribution in [0.1, 0.15) is 35.8 Å². The van der Waals surface area contributed by atoms with Crippen molar-refractivity contribution in [3.8, 4) is 11.1 Å². The van der Waals surface area contributed by atoms with Gasteiger partial charge in [-0.1, -0.05) is 30.3 Å². The summed E-state index contributed by atoms with van der Waals surface area (Å²) in [5.41, 5.74) is 2.55. The van der Waals surface area contributed by atoms with Crippen LogP contribution in [0.25, 0.3) is 21.9 Å². The quantitative estimate of drug-likeness (QED) is 0.525. The first-order valence-corrected chi connectivity index (χ1v) is 10.7. The minimum atomic E-state index is -2.55. The lowest BCUT2D eigenvalue weighted by Crippen LogP contribution is -2.41. The largest absolute Gasteiger partial charge is 0.342 e. The molecule has 2 aliphatic rings. The molecular weight excluding hydrogens is 431 g/mol. The van der Waals surface area contributed by atoms with E-state index in [1.54, 1.807) is 24.2 Å². The van der Waals surface area contributed by atoms with E-state index in [-0.39, 0.29) is 43.6 Å². The number of carbonyl (C=O) groups is 2. The van der Waals surface area contributed by atoms with E-state index in [0.29, 0.717) is 23.4 Å². The topological polar surface area (TPSA) is 53.5 Å². The van der Waals surface area contributed by atoms with E-state index < -0.39 is 5.92 Å². The number of halogens is 3. The molecule has 1 fully saturated rings. The summed E-state index contributed by atoms with van der Waals surface area (Å²) in [6.07, 6.45) is 1.21. The number of benzene rings is 2. The number of alkyl halides is 2. The molecule has 0 atom stereocenters. The van der Waals surface area contributed by atoms with Crippen LogP contribution in [0.15, 0.2) is 48.7 Å². The first kappa shape index (κ1) is 22.8. The summed E-state index contributed by atoms with van der Waals surface area (Å²) in [5, 5.41) is 1.83. The summed E-state index contributed by atoms with van der Waals surface area (Å²) < 4.78 is 39.4. The molecule has 2 aliphatic heterocycles. The van der Waals surface area contributed by atoms with Crippen LogP contribution in [0.2, 0.25) is 0 Å². The Bertz CT molecular complexity index is 1220. The fourth-order valence-corrected chi connectivity index (χ4v) is 4.16. The van der Waals surface area contributed by atoms with Gasteiger partial charge in [0.05, 0.1) is 0 Å². The van der Waals surface area contributed by atoms with Gasteiger partial charge in [-0.25, -0.2) is 13.2 Å². The number of nitrogens with zero attached hydrogens (tertiary/aromatic N) is 3. The first-order valence-electron chi connectivity index (χ1n) is 10.7. The van der Waals surface area contributed by atoms with Crippen LogP contribution >= 0.6 is 0 Å². The molecule has 0 N–H and O–H groups in total. The van der Waals surface area contributed by atoms with E-state index >= 15 is 0 Å². The molecule has 3 aromatic rings. The minimum absolute atomic E-state index is 0.0834. The van der Waals surface area contributed by atoms with E-state index in [4.69, 9.17) is 0 Å². The highest BCUT2D eigenvalue weighted by Gasteiger charge is 2.34. The molecule has 0 unspecified atom stereocenters. The number of hydrogen-bond acceptors (Lipinski definition) is 3. The average Bonchev–Trinajstić information content (AvgIpc) is 3.06. The number of piperidine rings is 1. The summed E-state index contributed by atoms with van der Waals surface area (Å²) in [4.78, 5) is 29.9. The molecule has 0 radical (unpaired) electrons. The zero-order valence-corrected chi connectivity index (χ0v) is 18.4. The number of likely N-dealkylation sites (tertiary alicyclic amines) is 1. The second kappa shape index (κ2) is 8.84. The SMILES string of the molecule is CC(=O)N1CCC(F)(F)CC1.CN1Cc2cc(-c3c(F)ccc4ccccc34)cnc2C1=O. The number of aromatic nitrogens is 1. The molecule has 8 heteroatoms. The number of carbonyl (C=O) groups excluding carboxylic acids is 2. The van der Waals surface area contributed by atoms with Gasteiger partial charge in [0.1, 0.15) is 11.5 Å². The summed E-state index contributed by atoms with van der Waals surface area (Å²) in [6.45, 7) is 2.32. The van der Waals surface area contributed by atoms with Gasteiger partial charge in [-0.05, 0) is 22.9 Å². The predicted octanol–water partition coefficient (Wildman–Crippen LogP) is 4.89. The number of hydrogen-bond donors (Lipinski definition) is 0. The van der Waals surface area contributed by atoms with Gasteiger partial charge < -0.3 is 9.80 Å². The Kier molecular flexibility index (Phi) is 6.10. The molecule has 0 bridgehead atoms. The summed E-state index contributed by atoms with van der Waals surface area (Å²) in [7, 11) is 1.74. The maximum atomic E-state index is 14.4. The van der Waals surface area contributed by atoms with Gasteiger partial charge in [-0.2, -0.15) is 0 Å². The van der Waals surface area contributed by atoms with E-state index in [2.05, 4.69) is 4.98 Å². The van der Waals surface area contributed by atoms with Crippen molar-refractivity contribution in [1.29, 1.82) is 0 Å². The molecule has 0 aliphatic carbocycles. The zero-order valence-electron chi connectivity index (χ0n) is 18.4. The van der Waals surface area contributed by atoms with Crippen LogP contribution in [0, 0.1) is 5.82 Å². The Morgan fingerprint density at radius 3 is 2.48 bits per heavy atom. The predicted molar refractivity (Wildman–Crippen MR) is 119 cm³/mol. The lowest BCUT2D eigenvalue weighted by Gasteiger charge is -2.30. The molecule has 172 valence electrons. The van der Waals surface area contributed by atoms with Crippen molar-refractivity contribution in [3.05, 3.63) is 65.7 Å². The third-order valence-electron chi connectivity index (χ3n) is 6.03. The second-order valence-electron chi connectivity index (χ2n) is 8.40. The molecular formula is C25H24F3N3O2. The standard InChI is InChI=1S/C18H13FN2O.C7H11F2NO/c1-21-10-13-8-12(9-20-17(13)18(21)22)16-14-5-3-2-4-11(14)6-7-15(16)19;1-6(11)10-4-2-7(8,9)3-5-10/h2-9H,10H2,1H3;2-5H2,1H3. The molecule has 2 aromatic carbocycles. The van der Waals surface area contributed by atoms with Gasteiger partial charge in [0.2, 0.25) is 5.91 Å². The Labute approximate surface area is 189 Å². The number of pyridine rings is 1. The van der Waals surface area contributed by atoms with Crippen LogP contribution < -0.4 is 0 Å². The molecule has 3 heterocycles. The van der Waals surface area contributed by atoms with Crippen molar-refractivity contribution in [1.82, 2.24) is 14.8 Å². The van der Waals surface area contributed by atoms with Crippen LogP contribution in [0.5, 0.6) is 0 Å². The highest BCUT2D eigenvalue weighted by molar-refractivity contribution is 5.99. The maximum absolute atomic E-state index is 14.4. The molecule has 5 nitrogen and oxygen atoms in total. The lowest BCUT2D eigenvalue weighted by atomic mass is 9.97. The maximum Gasteiger partial charge on any atom is 0.272 e. The van der Waals surface area contributed by atoms with E-state index in [9.17, 15) is 22.8 Å². The molecule has 5 rings (SSSR count). The molecule has 1 aromatic heterocycles. The van der Waals surface area contributed by atoms with Crippen LogP contribution in [0.3, 0.4) is 0 Å². The second-order valence-corrected chi connectivity index (χ2v) is 8.40. The molecule has 33 heavy (non-hydrogen) atoms. The molecule has 1 saturated heterocycles. The van der Waals surface area contributed by atoms with E-state index in [1.807, 2.05) is 30.3 Å². The third kappa shape index (κ3) is 4.69. The third-order valence-corrected chi connectivity index (χ3v) is 6.03. The number of fused-ring (bicyclic) bond motifs is 2. The summed E-state index contributed by atoms with van der Waals surface area (Å²) in [6, 6.07) is 12.8. The van der Waals surface area contributed by atoms with Gasteiger partial charge in [0, 0.05) is 69.3 Å². The van der Waals surface area contributed by atoms with Crippen molar-refractivity contribution < 1.29 is 22.8 Å². The fraction of sp³-hybridized carbons (Fsp3) is 0.320. The van der Waals surface area contributed by atoms with Gasteiger partial charge in [-0.15, -0.1) is 0 Å². The zero-order chi connectivity index (χ0) is 23.8. The smallest absolute Gasteiger partial charge is 0.272 e. The summed E-state index contributed by atoms with van der Waals surface area (Å²) in [5.74, 6) is -3.02. The van der Waals surface area contributed by atoms with Gasteiger partial charge >= 0.3 is 0 Å². The van der Waals surface area contributed by atoms with E-state index in [1.165, 1.54) is 17.9 Å². The van der Waals surface area contributed by atoms with Crippen LogP contribution in [-0.4, -0.2) is 52.7 Å². The Hall–Kier alpha value is -3.42. The average molecular weight is 455 g/mol. The van der Waals surface area contributed by atoms with Crippen molar-refractivity contribution in [2.75, 3.05) is 20.1 Å². The highest BCUT2D eigenvalue weighted by Crippen LogP contribution is 2.33. The summed E-state index contributed by atoms with van der Waals surface area (Å²) >= 11 is 0. The Balaban J connectivity index is 0.000000200. The van der Waals surface area contributed by atoms with Gasteiger partial charge in [-0.3, -0.25) is 14.6 Å². The Morgan fingerprint density at radius 2 is 1.79 bits per heavy atom. The first-order chi connectivity index (χ1) is 15.7. The van der Waals surface area contributed by atoms with Crippen molar-refractivity contribution in [3.63, 3.8) is 0 Å². The normalized spacial score (nSPS) is 16.9. The fourth-order valence-electron chi connectivity index (χ4n) is 4.16. The van der Waals surface area contributed by atoms with Crippen LogP contribution in [0.4, 0.5) is 13.2 Å². The van der Waals surface area contributed by atoms with E-state index in [0.717, 1.165) is 16.3 Å². The molecule has 0 spiro atoms. The molecule has 2 amide bonds. The van der Waals surface area contributed by atoms with Crippen LogP contribution in [-0.2, 0) is 11.3 Å². The number of amides is 2. The van der Waals surface area contributed by atoms with Crippen molar-refractivity contribution in [2.24, 2.45) is 0 Å².